The van der Waals surface area contributed by atoms with Gasteiger partial charge in [-0.3, -0.25) is 4.79 Å². The van der Waals surface area contributed by atoms with Crippen molar-refractivity contribution in [2.75, 3.05) is 0 Å². The SMILES string of the molecule is O=C(O)C(c1c(F)ccc(Cl)c1F)C12CCC(F)(CC1)C2. The summed E-state index contributed by atoms with van der Waals surface area (Å²) in [5, 5.41) is 9.20. The summed E-state index contributed by atoms with van der Waals surface area (Å²) in [6.45, 7) is 0. The first-order valence-electron chi connectivity index (χ1n) is 6.83. The largest absolute Gasteiger partial charge is 0.481 e. The van der Waals surface area contributed by atoms with Crippen LogP contribution in [-0.4, -0.2) is 16.7 Å². The molecule has 0 amide bonds. The van der Waals surface area contributed by atoms with Crippen molar-refractivity contribution in [3.05, 3.63) is 34.4 Å². The van der Waals surface area contributed by atoms with Gasteiger partial charge in [0.2, 0.25) is 0 Å². The van der Waals surface area contributed by atoms with Gasteiger partial charge in [0.05, 0.1) is 10.9 Å². The van der Waals surface area contributed by atoms with Crippen molar-refractivity contribution >= 4 is 17.6 Å². The predicted octanol–water partition coefficient (Wildman–Crippen LogP) is 4.46. The molecule has 0 saturated heterocycles. The molecule has 1 aromatic carbocycles. The van der Waals surface area contributed by atoms with Crippen LogP contribution < -0.4 is 0 Å². The zero-order valence-corrected chi connectivity index (χ0v) is 11.9. The van der Waals surface area contributed by atoms with Gasteiger partial charge in [-0.2, -0.15) is 0 Å². The van der Waals surface area contributed by atoms with Gasteiger partial charge in [0.15, 0.2) is 0 Å². The van der Waals surface area contributed by atoms with Crippen molar-refractivity contribution in [2.45, 2.75) is 43.7 Å². The summed E-state index contributed by atoms with van der Waals surface area (Å²) in [5.41, 5.74) is -2.85. The minimum atomic E-state index is -1.41. The highest BCUT2D eigenvalue weighted by Crippen LogP contribution is 2.64. The first-order valence-corrected chi connectivity index (χ1v) is 7.21. The van der Waals surface area contributed by atoms with Crippen molar-refractivity contribution in [3.63, 3.8) is 0 Å². The van der Waals surface area contributed by atoms with Crippen LogP contribution in [0.2, 0.25) is 5.02 Å². The summed E-state index contributed by atoms with van der Waals surface area (Å²) in [6, 6.07) is 2.01. The summed E-state index contributed by atoms with van der Waals surface area (Å²) in [5.74, 6) is -4.74. The van der Waals surface area contributed by atoms with Crippen LogP contribution in [0.5, 0.6) is 0 Å². The molecule has 2 saturated carbocycles. The van der Waals surface area contributed by atoms with Gasteiger partial charge in [-0.25, -0.2) is 13.2 Å². The summed E-state index contributed by atoms with van der Waals surface area (Å²) in [7, 11) is 0. The van der Waals surface area contributed by atoms with Gasteiger partial charge < -0.3 is 5.11 Å². The lowest BCUT2D eigenvalue weighted by molar-refractivity contribution is -0.142. The lowest BCUT2D eigenvalue weighted by Gasteiger charge is -2.33. The lowest BCUT2D eigenvalue weighted by atomic mass is 9.69. The van der Waals surface area contributed by atoms with Crippen LogP contribution in [-0.2, 0) is 4.79 Å². The summed E-state index contributed by atoms with van der Waals surface area (Å²) < 4.78 is 42.6. The molecule has 6 heteroatoms. The summed E-state index contributed by atoms with van der Waals surface area (Å²) >= 11 is 5.66. The molecule has 2 aliphatic carbocycles. The molecule has 0 aliphatic heterocycles. The average molecular weight is 319 g/mol. The van der Waals surface area contributed by atoms with Crippen LogP contribution in [0.25, 0.3) is 0 Å². The van der Waals surface area contributed by atoms with E-state index in [0.717, 1.165) is 12.1 Å². The number of halogens is 4. The molecule has 3 rings (SSSR count). The second-order valence-electron chi connectivity index (χ2n) is 6.22. The maximum Gasteiger partial charge on any atom is 0.311 e. The van der Waals surface area contributed by atoms with Crippen LogP contribution in [0.4, 0.5) is 13.2 Å². The number of aliphatic carboxylic acids is 1. The Kier molecular flexibility index (Phi) is 3.24. The third kappa shape index (κ3) is 2.13. The highest BCUT2D eigenvalue weighted by atomic mass is 35.5. The molecule has 1 N–H and O–H groups in total. The molecule has 0 aromatic heterocycles. The number of hydrogen-bond acceptors (Lipinski definition) is 1. The van der Waals surface area contributed by atoms with Crippen LogP contribution in [0.1, 0.15) is 43.6 Å². The third-order valence-electron chi connectivity index (χ3n) is 5.04. The molecule has 1 aromatic rings. The van der Waals surface area contributed by atoms with E-state index < -0.39 is 40.2 Å². The number of hydrogen-bond donors (Lipinski definition) is 1. The summed E-state index contributed by atoms with van der Waals surface area (Å²) in [6.07, 6.45) is 1.20. The molecule has 2 nitrogen and oxygen atoms in total. The van der Waals surface area contributed by atoms with Crippen LogP contribution in [0.15, 0.2) is 12.1 Å². The van der Waals surface area contributed by atoms with Crippen molar-refractivity contribution in [3.8, 4) is 0 Å². The van der Waals surface area contributed by atoms with Gasteiger partial charge >= 0.3 is 5.97 Å². The molecule has 2 aliphatic rings. The normalized spacial score (nSPS) is 32.4. The minimum absolute atomic E-state index is 0.0440. The van der Waals surface area contributed by atoms with Crippen molar-refractivity contribution in [1.29, 1.82) is 0 Å². The van der Waals surface area contributed by atoms with E-state index in [1.54, 1.807) is 0 Å². The van der Waals surface area contributed by atoms with E-state index in [0.29, 0.717) is 12.8 Å². The van der Waals surface area contributed by atoms with Crippen LogP contribution in [0.3, 0.4) is 0 Å². The fourth-order valence-corrected chi connectivity index (χ4v) is 4.23. The molecular weight excluding hydrogens is 305 g/mol. The molecule has 1 atom stereocenters. The number of alkyl halides is 1. The summed E-state index contributed by atoms with van der Waals surface area (Å²) in [4.78, 5) is 11.7. The number of carbonyl (C=O) groups is 1. The number of rotatable bonds is 3. The topological polar surface area (TPSA) is 37.3 Å². The van der Waals surface area contributed by atoms with Gasteiger partial charge in [0.25, 0.3) is 0 Å². The Labute approximate surface area is 124 Å². The standard InChI is InChI=1S/C15H14ClF3O2/c16-8-1-2-9(17)10(12(8)18)11(13(20)21)14-3-5-15(19,7-14)6-4-14/h1-2,11H,3-7H2,(H,20,21). The quantitative estimate of drug-likeness (QED) is 0.835. The number of carboxylic acids is 1. The van der Waals surface area contributed by atoms with Gasteiger partial charge in [-0.05, 0) is 49.7 Å². The molecule has 0 spiro atoms. The number of carboxylic acid groups (broad SMARTS) is 1. The van der Waals surface area contributed by atoms with Crippen LogP contribution in [0, 0.1) is 17.0 Å². The second-order valence-corrected chi connectivity index (χ2v) is 6.63. The molecule has 114 valence electrons. The Morgan fingerprint density at radius 2 is 1.86 bits per heavy atom. The van der Waals surface area contributed by atoms with Gasteiger partial charge in [0.1, 0.15) is 17.3 Å². The van der Waals surface area contributed by atoms with E-state index in [1.165, 1.54) is 0 Å². The monoisotopic (exact) mass is 318 g/mol. The molecule has 0 heterocycles. The van der Waals surface area contributed by atoms with Gasteiger partial charge in [-0.1, -0.05) is 11.6 Å². The maximum absolute atomic E-state index is 14.3. The Hall–Kier alpha value is -1.23. The van der Waals surface area contributed by atoms with E-state index in [4.69, 9.17) is 11.6 Å². The zero-order valence-electron chi connectivity index (χ0n) is 11.1. The molecule has 1 unspecified atom stereocenters. The van der Waals surface area contributed by atoms with E-state index >= 15 is 0 Å². The smallest absolute Gasteiger partial charge is 0.311 e. The van der Waals surface area contributed by atoms with Gasteiger partial charge in [0, 0.05) is 5.56 Å². The third-order valence-corrected chi connectivity index (χ3v) is 5.33. The van der Waals surface area contributed by atoms with E-state index in [-0.39, 0.29) is 24.3 Å². The maximum atomic E-state index is 14.3. The highest BCUT2D eigenvalue weighted by molar-refractivity contribution is 6.30. The van der Waals surface area contributed by atoms with Crippen LogP contribution >= 0.6 is 11.6 Å². The molecule has 21 heavy (non-hydrogen) atoms. The lowest BCUT2D eigenvalue weighted by Crippen LogP contribution is -2.32. The predicted molar refractivity (Wildman–Crippen MR) is 71.1 cm³/mol. The van der Waals surface area contributed by atoms with E-state index in [2.05, 4.69) is 0 Å². The fraction of sp³-hybridized carbons (Fsp3) is 0.533. The zero-order chi connectivity index (χ0) is 15.4. The minimum Gasteiger partial charge on any atom is -0.481 e. The van der Waals surface area contributed by atoms with E-state index in [9.17, 15) is 23.1 Å². The number of benzene rings is 1. The first kappa shape index (κ1) is 14.7. The van der Waals surface area contributed by atoms with Crippen molar-refractivity contribution in [2.24, 2.45) is 5.41 Å². The van der Waals surface area contributed by atoms with Crippen molar-refractivity contribution < 1.29 is 23.1 Å². The number of fused-ring (bicyclic) bond motifs is 2. The fourth-order valence-electron chi connectivity index (χ4n) is 4.07. The highest BCUT2D eigenvalue weighted by Gasteiger charge is 2.61. The Bertz CT molecular complexity index is 609. The Morgan fingerprint density at radius 3 is 2.33 bits per heavy atom. The van der Waals surface area contributed by atoms with Crippen molar-refractivity contribution in [1.82, 2.24) is 0 Å². The molecule has 2 fully saturated rings. The van der Waals surface area contributed by atoms with Gasteiger partial charge in [-0.15, -0.1) is 0 Å². The molecule has 0 radical (unpaired) electrons. The molecular formula is C15H14ClF3O2. The molecule has 2 bridgehead atoms. The average Bonchev–Trinajstić information content (AvgIpc) is 2.92. The Balaban J connectivity index is 2.13. The second kappa shape index (κ2) is 4.63. The Morgan fingerprint density at radius 1 is 1.24 bits per heavy atom. The first-order chi connectivity index (χ1) is 9.78. The van der Waals surface area contributed by atoms with E-state index in [1.807, 2.05) is 0 Å².